The van der Waals surface area contributed by atoms with Crippen LogP contribution in [0.15, 0.2) is 0 Å². The third-order valence-electron chi connectivity index (χ3n) is 4.40. The van der Waals surface area contributed by atoms with Crippen LogP contribution in [0.2, 0.25) is 0 Å². The van der Waals surface area contributed by atoms with Crippen molar-refractivity contribution in [3.05, 3.63) is 0 Å². The summed E-state index contributed by atoms with van der Waals surface area (Å²) in [4.78, 5) is 26.2. The first-order valence-electron chi connectivity index (χ1n) is 7.27. The summed E-state index contributed by atoms with van der Waals surface area (Å²) >= 11 is 0. The Morgan fingerprint density at radius 2 is 1.78 bits per heavy atom. The molecule has 4 nitrogen and oxygen atoms in total. The van der Waals surface area contributed by atoms with E-state index >= 15 is 0 Å². The van der Waals surface area contributed by atoms with Crippen molar-refractivity contribution in [3.63, 3.8) is 0 Å². The molecule has 0 aromatic rings. The monoisotopic (exact) mass is 252 g/mol. The van der Waals surface area contributed by atoms with Crippen molar-refractivity contribution in [2.24, 2.45) is 17.6 Å². The molecule has 1 aliphatic carbocycles. The van der Waals surface area contributed by atoms with Gasteiger partial charge in [0.25, 0.3) is 0 Å². The van der Waals surface area contributed by atoms with Gasteiger partial charge in [0.1, 0.15) is 0 Å². The topological polar surface area (TPSA) is 63.4 Å². The van der Waals surface area contributed by atoms with E-state index in [-0.39, 0.29) is 29.7 Å². The highest BCUT2D eigenvalue weighted by atomic mass is 16.2. The van der Waals surface area contributed by atoms with Crippen LogP contribution in [-0.4, -0.2) is 29.3 Å². The fourth-order valence-corrected chi connectivity index (χ4v) is 3.34. The van der Waals surface area contributed by atoms with Gasteiger partial charge in [-0.3, -0.25) is 14.5 Å². The molecule has 3 unspecified atom stereocenters. The Bertz CT molecular complexity index is 306. The van der Waals surface area contributed by atoms with Gasteiger partial charge in [0.2, 0.25) is 11.8 Å². The number of fused-ring (bicyclic) bond motifs is 1. The molecular weight excluding hydrogens is 228 g/mol. The van der Waals surface area contributed by atoms with Crippen molar-refractivity contribution in [2.45, 2.75) is 57.9 Å². The standard InChI is InChI=1S/C14H24N2O2/c1-2-3-6-10(9-15)16-13(17)11-7-4-5-8-12(11)14(16)18/h10-12H,2-9,15H2,1H3. The summed E-state index contributed by atoms with van der Waals surface area (Å²) in [5.74, 6) is 0.0244. The van der Waals surface area contributed by atoms with E-state index in [1.165, 1.54) is 4.90 Å². The Morgan fingerprint density at radius 3 is 2.22 bits per heavy atom. The molecule has 2 fully saturated rings. The van der Waals surface area contributed by atoms with Gasteiger partial charge in [-0.25, -0.2) is 0 Å². The third kappa shape index (κ3) is 2.30. The Labute approximate surface area is 109 Å². The molecule has 0 aromatic carbocycles. The fourth-order valence-electron chi connectivity index (χ4n) is 3.34. The molecule has 2 amide bonds. The van der Waals surface area contributed by atoms with Crippen LogP contribution >= 0.6 is 0 Å². The SMILES string of the molecule is CCCCC(CN)N1C(=O)C2CCCCC2C1=O. The van der Waals surface area contributed by atoms with Crippen LogP contribution in [0, 0.1) is 11.8 Å². The molecule has 3 atom stereocenters. The first-order valence-corrected chi connectivity index (χ1v) is 7.27. The number of carbonyl (C=O) groups excluding carboxylic acids is 2. The highest BCUT2D eigenvalue weighted by molar-refractivity contribution is 6.05. The zero-order valence-corrected chi connectivity index (χ0v) is 11.2. The Balaban J connectivity index is 2.11. The van der Waals surface area contributed by atoms with E-state index in [9.17, 15) is 9.59 Å². The Hall–Kier alpha value is -0.900. The second kappa shape index (κ2) is 5.83. The maximum atomic E-state index is 12.4. The van der Waals surface area contributed by atoms with E-state index in [4.69, 9.17) is 5.73 Å². The average Bonchev–Trinajstić information content (AvgIpc) is 2.65. The van der Waals surface area contributed by atoms with Crippen molar-refractivity contribution in [2.75, 3.05) is 6.54 Å². The molecule has 18 heavy (non-hydrogen) atoms. The van der Waals surface area contributed by atoms with Crippen molar-refractivity contribution >= 4 is 11.8 Å². The quantitative estimate of drug-likeness (QED) is 0.757. The molecule has 1 aliphatic heterocycles. The molecule has 0 radical (unpaired) electrons. The number of nitrogens with zero attached hydrogens (tertiary/aromatic N) is 1. The molecular formula is C14H24N2O2. The number of unbranched alkanes of at least 4 members (excludes halogenated alkanes) is 1. The molecule has 1 heterocycles. The number of nitrogens with two attached hydrogens (primary N) is 1. The van der Waals surface area contributed by atoms with E-state index in [1.54, 1.807) is 0 Å². The summed E-state index contributed by atoms with van der Waals surface area (Å²) < 4.78 is 0. The summed E-state index contributed by atoms with van der Waals surface area (Å²) in [5, 5.41) is 0. The Morgan fingerprint density at radius 1 is 1.22 bits per heavy atom. The first-order chi connectivity index (χ1) is 8.70. The lowest BCUT2D eigenvalue weighted by Crippen LogP contribution is -2.45. The predicted molar refractivity (Wildman–Crippen MR) is 69.7 cm³/mol. The summed E-state index contributed by atoms with van der Waals surface area (Å²) in [6.07, 6.45) is 6.87. The van der Waals surface area contributed by atoms with Crippen molar-refractivity contribution in [1.82, 2.24) is 4.90 Å². The van der Waals surface area contributed by atoms with E-state index in [2.05, 4.69) is 6.92 Å². The molecule has 0 bridgehead atoms. The number of hydrogen-bond donors (Lipinski definition) is 1. The summed E-state index contributed by atoms with van der Waals surface area (Å²) in [7, 11) is 0. The average molecular weight is 252 g/mol. The van der Waals surface area contributed by atoms with Crippen molar-refractivity contribution in [3.8, 4) is 0 Å². The number of amides is 2. The number of imide groups is 1. The van der Waals surface area contributed by atoms with Gasteiger partial charge in [0.05, 0.1) is 17.9 Å². The molecule has 0 aromatic heterocycles. The van der Waals surface area contributed by atoms with Gasteiger partial charge in [-0.2, -0.15) is 0 Å². The van der Waals surface area contributed by atoms with Gasteiger partial charge in [-0.15, -0.1) is 0 Å². The zero-order chi connectivity index (χ0) is 13.1. The second-order valence-corrected chi connectivity index (χ2v) is 5.58. The van der Waals surface area contributed by atoms with Crippen molar-refractivity contribution in [1.29, 1.82) is 0 Å². The van der Waals surface area contributed by atoms with Crippen LogP contribution in [-0.2, 0) is 9.59 Å². The van der Waals surface area contributed by atoms with Crippen LogP contribution in [0.25, 0.3) is 0 Å². The molecule has 4 heteroatoms. The smallest absolute Gasteiger partial charge is 0.233 e. The maximum Gasteiger partial charge on any atom is 0.233 e. The number of likely N-dealkylation sites (tertiary alicyclic amines) is 1. The molecule has 1 saturated heterocycles. The van der Waals surface area contributed by atoms with Gasteiger partial charge >= 0.3 is 0 Å². The van der Waals surface area contributed by atoms with Crippen LogP contribution in [0.4, 0.5) is 0 Å². The first kappa shape index (κ1) is 13.5. The molecule has 2 N–H and O–H groups in total. The van der Waals surface area contributed by atoms with E-state index in [0.29, 0.717) is 6.54 Å². The third-order valence-corrected chi connectivity index (χ3v) is 4.40. The zero-order valence-electron chi connectivity index (χ0n) is 11.2. The molecule has 2 rings (SSSR count). The minimum atomic E-state index is -0.0736. The second-order valence-electron chi connectivity index (χ2n) is 5.58. The van der Waals surface area contributed by atoms with E-state index in [0.717, 1.165) is 44.9 Å². The van der Waals surface area contributed by atoms with E-state index < -0.39 is 0 Å². The van der Waals surface area contributed by atoms with Crippen LogP contribution in [0.1, 0.15) is 51.9 Å². The molecule has 1 saturated carbocycles. The molecule has 2 aliphatic rings. The molecule has 102 valence electrons. The van der Waals surface area contributed by atoms with Crippen molar-refractivity contribution < 1.29 is 9.59 Å². The normalized spacial score (nSPS) is 29.6. The Kier molecular flexibility index (Phi) is 4.38. The highest BCUT2D eigenvalue weighted by Crippen LogP contribution is 2.39. The van der Waals surface area contributed by atoms with Crippen LogP contribution in [0.3, 0.4) is 0 Å². The highest BCUT2D eigenvalue weighted by Gasteiger charge is 2.49. The minimum Gasteiger partial charge on any atom is -0.328 e. The summed E-state index contributed by atoms with van der Waals surface area (Å²) in [6.45, 7) is 2.51. The number of rotatable bonds is 5. The fraction of sp³-hybridized carbons (Fsp3) is 0.857. The number of hydrogen-bond acceptors (Lipinski definition) is 3. The lowest BCUT2D eigenvalue weighted by atomic mass is 9.81. The largest absolute Gasteiger partial charge is 0.328 e. The molecule has 0 spiro atoms. The van der Waals surface area contributed by atoms with Gasteiger partial charge in [0.15, 0.2) is 0 Å². The predicted octanol–water partition coefficient (Wildman–Crippen LogP) is 1.68. The summed E-state index contributed by atoms with van der Waals surface area (Å²) in [6, 6.07) is -0.0736. The van der Waals surface area contributed by atoms with Gasteiger partial charge in [-0.1, -0.05) is 32.6 Å². The minimum absolute atomic E-state index is 0.0399. The number of carbonyl (C=O) groups is 2. The summed E-state index contributed by atoms with van der Waals surface area (Å²) in [5.41, 5.74) is 5.76. The van der Waals surface area contributed by atoms with Crippen LogP contribution < -0.4 is 5.73 Å². The lowest BCUT2D eigenvalue weighted by Gasteiger charge is -2.25. The van der Waals surface area contributed by atoms with Crippen LogP contribution in [0.5, 0.6) is 0 Å². The maximum absolute atomic E-state index is 12.4. The van der Waals surface area contributed by atoms with Gasteiger partial charge < -0.3 is 5.73 Å². The van der Waals surface area contributed by atoms with E-state index in [1.807, 2.05) is 0 Å². The van der Waals surface area contributed by atoms with Gasteiger partial charge in [-0.05, 0) is 19.3 Å². The van der Waals surface area contributed by atoms with Gasteiger partial charge in [0, 0.05) is 6.54 Å². The lowest BCUT2D eigenvalue weighted by molar-refractivity contribution is -0.142.